The number of aromatic amines is 1. The van der Waals surface area contributed by atoms with E-state index in [-0.39, 0.29) is 42.1 Å². The number of nitrogens with one attached hydrogen (secondary N) is 2. The van der Waals surface area contributed by atoms with E-state index in [1.807, 2.05) is 0 Å². The molecule has 0 bridgehead atoms. The van der Waals surface area contributed by atoms with Gasteiger partial charge in [0.25, 0.3) is 12.3 Å². The van der Waals surface area contributed by atoms with E-state index >= 15 is 4.39 Å². The summed E-state index contributed by atoms with van der Waals surface area (Å²) < 4.78 is 48.3. The van der Waals surface area contributed by atoms with Crippen LogP contribution in [0.15, 0.2) is 24.5 Å². The molecule has 1 aromatic carbocycles. The maximum atomic E-state index is 15.3. The molecule has 11 heteroatoms. The predicted octanol–water partition coefficient (Wildman–Crippen LogP) is 4.31. The molecule has 190 valence electrons. The zero-order valence-corrected chi connectivity index (χ0v) is 19.9. The number of amides is 2. The Morgan fingerprint density at radius 2 is 2.08 bits per heavy atom. The van der Waals surface area contributed by atoms with Gasteiger partial charge in [-0.05, 0) is 43.9 Å². The smallest absolute Gasteiger partial charge is 0.263 e. The lowest BCUT2D eigenvalue weighted by atomic mass is 10.0. The first-order chi connectivity index (χ1) is 17.1. The highest BCUT2D eigenvalue weighted by Gasteiger charge is 2.41. The molecule has 0 spiro atoms. The summed E-state index contributed by atoms with van der Waals surface area (Å²) in [6.07, 6.45) is 0.655. The van der Waals surface area contributed by atoms with Crippen molar-refractivity contribution in [1.82, 2.24) is 25.2 Å². The molecule has 1 aliphatic heterocycles. The van der Waals surface area contributed by atoms with Crippen molar-refractivity contribution in [2.75, 3.05) is 19.7 Å². The van der Waals surface area contributed by atoms with Gasteiger partial charge in [-0.1, -0.05) is 0 Å². The number of hydrogen-bond acceptors (Lipinski definition) is 5. The fourth-order valence-corrected chi connectivity index (χ4v) is 4.50. The Hall–Kier alpha value is -3.63. The van der Waals surface area contributed by atoms with Crippen molar-refractivity contribution in [3.63, 3.8) is 0 Å². The maximum absolute atomic E-state index is 15.3. The van der Waals surface area contributed by atoms with E-state index in [1.54, 1.807) is 6.92 Å². The molecule has 5 rings (SSSR count). The molecule has 1 saturated heterocycles. The van der Waals surface area contributed by atoms with Crippen molar-refractivity contribution in [3.8, 4) is 17.0 Å². The van der Waals surface area contributed by atoms with Gasteiger partial charge in [-0.3, -0.25) is 9.59 Å². The van der Waals surface area contributed by atoms with Crippen LogP contribution in [0.3, 0.4) is 0 Å². The number of halogens is 3. The molecule has 2 fully saturated rings. The second kappa shape index (κ2) is 9.11. The zero-order chi connectivity index (χ0) is 25.6. The Bertz CT molecular complexity index is 1340. The second-order valence-electron chi connectivity index (χ2n) is 9.49. The van der Waals surface area contributed by atoms with E-state index in [0.717, 1.165) is 12.8 Å². The Morgan fingerprint density at radius 3 is 2.75 bits per heavy atom. The molecule has 3 aromatic rings. The molecular weight excluding hydrogens is 475 g/mol. The average molecular weight is 502 g/mol. The summed E-state index contributed by atoms with van der Waals surface area (Å²) in [5.74, 6) is -2.17. The van der Waals surface area contributed by atoms with Crippen molar-refractivity contribution >= 4 is 22.8 Å². The molecule has 36 heavy (non-hydrogen) atoms. The average Bonchev–Trinajstić information content (AvgIpc) is 3.48. The van der Waals surface area contributed by atoms with Crippen molar-refractivity contribution in [2.24, 2.45) is 5.92 Å². The van der Waals surface area contributed by atoms with Gasteiger partial charge in [-0.25, -0.2) is 23.1 Å². The highest BCUT2D eigenvalue weighted by molar-refractivity contribution is 6.09. The monoisotopic (exact) mass is 501 g/mol. The van der Waals surface area contributed by atoms with Gasteiger partial charge < -0.3 is 19.9 Å². The first-order valence-corrected chi connectivity index (χ1v) is 11.8. The lowest BCUT2D eigenvalue weighted by molar-refractivity contribution is -0.128. The molecule has 2 N–H and O–H groups in total. The van der Waals surface area contributed by atoms with E-state index in [4.69, 9.17) is 4.74 Å². The van der Waals surface area contributed by atoms with E-state index < -0.39 is 18.1 Å². The van der Waals surface area contributed by atoms with Crippen LogP contribution in [0.1, 0.15) is 54.2 Å². The molecular formula is C25H26F3N5O3. The lowest BCUT2D eigenvalue weighted by Crippen LogP contribution is -2.47. The summed E-state index contributed by atoms with van der Waals surface area (Å²) in [6, 6.07) is 4.15. The van der Waals surface area contributed by atoms with Gasteiger partial charge in [0.1, 0.15) is 23.3 Å². The van der Waals surface area contributed by atoms with E-state index in [1.165, 1.54) is 36.4 Å². The minimum absolute atomic E-state index is 0.0257. The van der Waals surface area contributed by atoms with E-state index in [0.29, 0.717) is 40.7 Å². The minimum atomic E-state index is -2.69. The van der Waals surface area contributed by atoms with Crippen LogP contribution in [0, 0.1) is 12.8 Å². The summed E-state index contributed by atoms with van der Waals surface area (Å²) in [5.41, 5.74) is 1.59. The Labute approximate surface area is 205 Å². The van der Waals surface area contributed by atoms with Gasteiger partial charge in [0.15, 0.2) is 0 Å². The molecule has 8 nitrogen and oxygen atoms in total. The van der Waals surface area contributed by atoms with Gasteiger partial charge in [0.05, 0.1) is 24.2 Å². The fourth-order valence-electron chi connectivity index (χ4n) is 4.50. The van der Waals surface area contributed by atoms with Gasteiger partial charge in [0, 0.05) is 36.7 Å². The number of ether oxygens (including phenoxy) is 1. The van der Waals surface area contributed by atoms with Gasteiger partial charge in [0.2, 0.25) is 11.7 Å². The number of fused-ring (bicyclic) bond motifs is 1. The summed E-state index contributed by atoms with van der Waals surface area (Å²) in [6.45, 7) is 3.43. The third kappa shape index (κ3) is 4.61. The fraction of sp³-hybridized carbons (Fsp3) is 0.440. The van der Waals surface area contributed by atoms with Crippen molar-refractivity contribution in [3.05, 3.63) is 41.3 Å². The van der Waals surface area contributed by atoms with Gasteiger partial charge in [-0.2, -0.15) is 0 Å². The van der Waals surface area contributed by atoms with E-state index in [2.05, 4.69) is 20.3 Å². The highest BCUT2D eigenvalue weighted by Crippen LogP contribution is 2.38. The molecule has 0 unspecified atom stereocenters. The number of nitrogens with zero attached hydrogens (tertiary/aromatic N) is 3. The van der Waals surface area contributed by atoms with Crippen LogP contribution in [0.2, 0.25) is 0 Å². The highest BCUT2D eigenvalue weighted by atomic mass is 19.3. The Balaban J connectivity index is 1.52. The predicted molar refractivity (Wildman–Crippen MR) is 125 cm³/mol. The van der Waals surface area contributed by atoms with Gasteiger partial charge >= 0.3 is 0 Å². The second-order valence-corrected chi connectivity index (χ2v) is 9.49. The van der Waals surface area contributed by atoms with Crippen molar-refractivity contribution in [2.45, 2.75) is 45.3 Å². The van der Waals surface area contributed by atoms with Crippen LogP contribution in [-0.4, -0.2) is 57.2 Å². The number of carbonyl (C=O) groups is 2. The van der Waals surface area contributed by atoms with Crippen molar-refractivity contribution in [1.29, 1.82) is 0 Å². The van der Waals surface area contributed by atoms with Gasteiger partial charge in [-0.15, -0.1) is 0 Å². The summed E-state index contributed by atoms with van der Waals surface area (Å²) in [5, 5.41) is 2.41. The number of alkyl halides is 3. The molecule has 1 saturated carbocycles. The van der Waals surface area contributed by atoms with Crippen LogP contribution in [0.25, 0.3) is 22.3 Å². The lowest BCUT2D eigenvalue weighted by Gasteiger charge is -2.21. The number of aryl methyl sites for hydroxylation is 1. The third-order valence-corrected chi connectivity index (χ3v) is 6.68. The zero-order valence-electron chi connectivity index (χ0n) is 19.9. The number of likely N-dealkylation sites (tertiary alicyclic amines) is 1. The third-order valence-electron chi connectivity index (χ3n) is 6.68. The quantitative estimate of drug-likeness (QED) is 0.470. The number of aromatic nitrogens is 3. The first-order valence-electron chi connectivity index (χ1n) is 11.8. The van der Waals surface area contributed by atoms with Crippen LogP contribution in [-0.2, 0) is 4.79 Å². The van der Waals surface area contributed by atoms with Crippen LogP contribution in [0.4, 0.5) is 13.2 Å². The molecule has 3 heterocycles. The van der Waals surface area contributed by atoms with E-state index in [9.17, 15) is 18.4 Å². The molecule has 1 atom stereocenters. The molecule has 2 aliphatic rings. The first kappa shape index (κ1) is 24.1. The van der Waals surface area contributed by atoms with Crippen molar-refractivity contribution < 1.29 is 27.5 Å². The molecule has 2 amide bonds. The summed E-state index contributed by atoms with van der Waals surface area (Å²) in [7, 11) is 0. The molecule has 0 radical (unpaired) electrons. The largest absolute Gasteiger partial charge is 0.493 e. The number of carbonyl (C=O) groups excluding carboxylic acids is 2. The standard InChI is InChI=1S/C25H26F3N5O3/c1-13-19(24(35)32-25(28)7-8-33(11-25)14(2)34)21-22(31-13)20(29-12-30-21)17-9-16(23(26)27)5-6-18(17)36-10-15-3-4-15/h5-6,9,12,15,23,31H,3-4,7-8,10-11H2,1-2H3,(H,32,35)/t25-/m0/s1. The number of H-pyrrole nitrogens is 1. The topological polar surface area (TPSA) is 100 Å². The summed E-state index contributed by atoms with van der Waals surface area (Å²) in [4.78, 5) is 37.7. The SMILES string of the molecule is CC(=O)N1CC[C@](F)(NC(=O)c2c(C)[nH]c3c(-c4cc(C(F)F)ccc4OCC4CC4)ncnc23)C1. The molecule has 1 aliphatic carbocycles. The normalized spacial score (nSPS) is 19.8. The Morgan fingerprint density at radius 1 is 1.31 bits per heavy atom. The maximum Gasteiger partial charge on any atom is 0.263 e. The number of rotatable bonds is 7. The Kier molecular flexibility index (Phi) is 6.09. The summed E-state index contributed by atoms with van der Waals surface area (Å²) >= 11 is 0. The number of hydrogen-bond donors (Lipinski definition) is 2. The van der Waals surface area contributed by atoms with Crippen LogP contribution >= 0.6 is 0 Å². The van der Waals surface area contributed by atoms with Crippen LogP contribution in [0.5, 0.6) is 5.75 Å². The van der Waals surface area contributed by atoms with Crippen LogP contribution < -0.4 is 10.1 Å². The number of benzene rings is 1. The minimum Gasteiger partial charge on any atom is -0.493 e. The molecule has 2 aromatic heterocycles.